The van der Waals surface area contributed by atoms with Crippen molar-refractivity contribution in [1.29, 1.82) is 0 Å². The summed E-state index contributed by atoms with van der Waals surface area (Å²) < 4.78 is 48.6. The minimum atomic E-state index is -3.61. The van der Waals surface area contributed by atoms with Gasteiger partial charge in [-0.05, 0) is 39.0 Å². The number of hydrogen-bond donors (Lipinski definition) is 1. The predicted molar refractivity (Wildman–Crippen MR) is 117 cm³/mol. The largest absolute Gasteiger partial charge is 0.444 e. The molecule has 1 unspecified atom stereocenters. The van der Waals surface area contributed by atoms with E-state index in [1.54, 1.807) is 37.8 Å². The van der Waals surface area contributed by atoms with Gasteiger partial charge in [0.25, 0.3) is 0 Å². The molecule has 2 heterocycles. The van der Waals surface area contributed by atoms with Crippen molar-refractivity contribution in [2.45, 2.75) is 37.9 Å². The maximum absolute atomic E-state index is 14.9. The number of carbonyl (C=O) groups is 2. The highest BCUT2D eigenvalue weighted by atomic mass is 32.2. The van der Waals surface area contributed by atoms with Crippen LogP contribution >= 0.6 is 0 Å². The fraction of sp³-hybridized carbons (Fsp3) is 0.600. The van der Waals surface area contributed by atoms with Crippen LogP contribution in [0.3, 0.4) is 0 Å². The third kappa shape index (κ3) is 5.41. The van der Waals surface area contributed by atoms with Crippen LogP contribution in [0.25, 0.3) is 0 Å². The number of rotatable bonds is 4. The fourth-order valence-corrected chi connectivity index (χ4v) is 4.21. The SMILES string of the molecule is CC(C)(C)OC(=O)N1CCN(c2ccc(N3C[C@H](C(N)S(C)(=O)=O)OC3=O)cc2F)CC1. The first kappa shape index (κ1) is 24.1. The van der Waals surface area contributed by atoms with Crippen molar-refractivity contribution >= 4 is 33.4 Å². The molecule has 2 saturated heterocycles. The van der Waals surface area contributed by atoms with Gasteiger partial charge in [0, 0.05) is 32.4 Å². The Kier molecular flexibility index (Phi) is 6.57. The topological polar surface area (TPSA) is 122 Å². The third-order valence-electron chi connectivity index (χ3n) is 5.21. The number of ether oxygens (including phenoxy) is 2. The molecule has 0 spiro atoms. The molecule has 2 aliphatic heterocycles. The van der Waals surface area contributed by atoms with Crippen LogP contribution in [0, 0.1) is 5.82 Å². The molecular formula is C20H29FN4O6S. The summed E-state index contributed by atoms with van der Waals surface area (Å²) in [5.74, 6) is -0.545. The third-order valence-corrected chi connectivity index (χ3v) is 6.50. The summed E-state index contributed by atoms with van der Waals surface area (Å²) in [6.45, 7) is 6.92. The summed E-state index contributed by atoms with van der Waals surface area (Å²) >= 11 is 0. The molecule has 2 amide bonds. The zero-order chi connectivity index (χ0) is 23.8. The number of hydrogen-bond acceptors (Lipinski definition) is 8. The monoisotopic (exact) mass is 472 g/mol. The molecule has 2 aliphatic rings. The Morgan fingerprint density at radius 2 is 1.88 bits per heavy atom. The molecule has 0 saturated carbocycles. The van der Waals surface area contributed by atoms with E-state index in [0.717, 1.165) is 11.2 Å². The lowest BCUT2D eigenvalue weighted by Crippen LogP contribution is -2.50. The molecule has 3 rings (SSSR count). The lowest BCUT2D eigenvalue weighted by atomic mass is 10.2. The second kappa shape index (κ2) is 8.74. The van der Waals surface area contributed by atoms with Gasteiger partial charge in [0.05, 0.1) is 17.9 Å². The molecule has 0 bridgehead atoms. The average Bonchev–Trinajstić information content (AvgIpc) is 3.07. The van der Waals surface area contributed by atoms with Gasteiger partial charge in [0.15, 0.2) is 15.9 Å². The predicted octanol–water partition coefficient (Wildman–Crippen LogP) is 1.54. The number of anilines is 2. The summed E-state index contributed by atoms with van der Waals surface area (Å²) in [4.78, 5) is 28.9. The van der Waals surface area contributed by atoms with E-state index in [-0.39, 0.29) is 12.2 Å². The molecule has 2 atom stereocenters. The van der Waals surface area contributed by atoms with Crippen molar-refractivity contribution in [1.82, 2.24) is 4.90 Å². The van der Waals surface area contributed by atoms with Gasteiger partial charge >= 0.3 is 12.2 Å². The number of sulfone groups is 1. The summed E-state index contributed by atoms with van der Waals surface area (Å²) in [6.07, 6.45) is -1.26. The van der Waals surface area contributed by atoms with Crippen LogP contribution in [0.4, 0.5) is 25.4 Å². The number of piperazine rings is 1. The van der Waals surface area contributed by atoms with Gasteiger partial charge in [0.2, 0.25) is 0 Å². The van der Waals surface area contributed by atoms with E-state index in [1.165, 1.54) is 6.07 Å². The number of cyclic esters (lactones) is 1. The number of benzene rings is 1. The Balaban J connectivity index is 1.65. The van der Waals surface area contributed by atoms with Crippen LogP contribution in [0.1, 0.15) is 20.8 Å². The zero-order valence-corrected chi connectivity index (χ0v) is 19.4. The Hall–Kier alpha value is -2.60. The van der Waals surface area contributed by atoms with Crippen molar-refractivity contribution in [3.05, 3.63) is 24.0 Å². The van der Waals surface area contributed by atoms with Gasteiger partial charge in [-0.25, -0.2) is 22.4 Å². The molecular weight excluding hydrogens is 443 g/mol. The van der Waals surface area contributed by atoms with Gasteiger partial charge in [-0.15, -0.1) is 0 Å². The second-order valence-corrected chi connectivity index (χ2v) is 11.1. The molecule has 0 aliphatic carbocycles. The molecule has 2 N–H and O–H groups in total. The van der Waals surface area contributed by atoms with Crippen LogP contribution in [-0.4, -0.2) is 81.6 Å². The smallest absolute Gasteiger partial charge is 0.414 e. The molecule has 10 nitrogen and oxygen atoms in total. The summed E-state index contributed by atoms with van der Waals surface area (Å²) in [5, 5.41) is -1.36. The zero-order valence-electron chi connectivity index (χ0n) is 18.6. The van der Waals surface area contributed by atoms with Gasteiger partial charge in [0.1, 0.15) is 16.8 Å². The van der Waals surface area contributed by atoms with E-state index in [0.29, 0.717) is 31.9 Å². The number of halogens is 1. The van der Waals surface area contributed by atoms with Gasteiger partial charge in [-0.3, -0.25) is 4.90 Å². The van der Waals surface area contributed by atoms with E-state index >= 15 is 0 Å². The minimum Gasteiger partial charge on any atom is -0.444 e. The highest BCUT2D eigenvalue weighted by Gasteiger charge is 2.40. The number of amides is 2. The highest BCUT2D eigenvalue weighted by Crippen LogP contribution is 2.29. The quantitative estimate of drug-likeness (QED) is 0.700. The second-order valence-electron chi connectivity index (χ2n) is 8.92. The highest BCUT2D eigenvalue weighted by molar-refractivity contribution is 7.91. The summed E-state index contributed by atoms with van der Waals surface area (Å²) in [6, 6.07) is 4.31. The maximum atomic E-state index is 14.9. The van der Waals surface area contributed by atoms with Crippen LogP contribution in [0.5, 0.6) is 0 Å². The molecule has 0 aromatic heterocycles. The molecule has 2 fully saturated rings. The molecule has 12 heteroatoms. The van der Waals surface area contributed by atoms with E-state index in [1.807, 2.05) is 4.90 Å². The number of nitrogens with two attached hydrogens (primary N) is 1. The van der Waals surface area contributed by atoms with Crippen molar-refractivity contribution < 1.29 is 31.9 Å². The van der Waals surface area contributed by atoms with Crippen LogP contribution in [-0.2, 0) is 19.3 Å². The first-order chi connectivity index (χ1) is 14.8. The molecule has 178 valence electrons. The average molecular weight is 473 g/mol. The van der Waals surface area contributed by atoms with E-state index in [9.17, 15) is 22.4 Å². The minimum absolute atomic E-state index is 0.0968. The number of carbonyl (C=O) groups excluding carboxylic acids is 2. The van der Waals surface area contributed by atoms with Gasteiger partial charge in [-0.1, -0.05) is 0 Å². The molecule has 1 aromatic rings. The van der Waals surface area contributed by atoms with Gasteiger partial charge < -0.3 is 25.0 Å². The lowest BCUT2D eigenvalue weighted by molar-refractivity contribution is 0.0240. The van der Waals surface area contributed by atoms with Crippen molar-refractivity contribution in [3.63, 3.8) is 0 Å². The standard InChI is InChI=1S/C20H29FN4O6S/c1-20(2,3)31-18(26)24-9-7-23(8-10-24)15-6-5-13(11-14(15)21)25-12-16(30-19(25)27)17(22)32(4,28)29/h5-6,11,16-17H,7-10,12,22H2,1-4H3/t16-,17?/m1/s1. The summed E-state index contributed by atoms with van der Waals surface area (Å²) in [5.41, 5.74) is 5.67. The lowest BCUT2D eigenvalue weighted by Gasteiger charge is -2.37. The molecule has 32 heavy (non-hydrogen) atoms. The van der Waals surface area contributed by atoms with E-state index in [4.69, 9.17) is 15.2 Å². The Morgan fingerprint density at radius 3 is 2.41 bits per heavy atom. The first-order valence-corrected chi connectivity index (χ1v) is 12.2. The molecule has 0 radical (unpaired) electrons. The number of nitrogens with zero attached hydrogens (tertiary/aromatic N) is 3. The first-order valence-electron chi connectivity index (χ1n) is 10.2. The normalized spacial score (nSPS) is 20.9. The van der Waals surface area contributed by atoms with Crippen LogP contribution < -0.4 is 15.5 Å². The van der Waals surface area contributed by atoms with Crippen molar-refractivity contribution in [3.8, 4) is 0 Å². The van der Waals surface area contributed by atoms with Crippen LogP contribution in [0.2, 0.25) is 0 Å². The van der Waals surface area contributed by atoms with E-state index in [2.05, 4.69) is 0 Å². The summed E-state index contributed by atoms with van der Waals surface area (Å²) in [7, 11) is -3.61. The van der Waals surface area contributed by atoms with Crippen LogP contribution in [0.15, 0.2) is 18.2 Å². The Labute approximate surface area is 186 Å². The Morgan fingerprint density at radius 1 is 1.25 bits per heavy atom. The maximum Gasteiger partial charge on any atom is 0.414 e. The van der Waals surface area contributed by atoms with Gasteiger partial charge in [-0.2, -0.15) is 0 Å². The van der Waals surface area contributed by atoms with Crippen molar-refractivity contribution in [2.24, 2.45) is 5.73 Å². The Bertz CT molecular complexity index is 988. The van der Waals surface area contributed by atoms with Crippen molar-refractivity contribution in [2.75, 3.05) is 48.8 Å². The fourth-order valence-electron chi connectivity index (χ4n) is 3.52. The molecule has 1 aromatic carbocycles. The van der Waals surface area contributed by atoms with E-state index < -0.39 is 44.9 Å².